The second-order valence-electron chi connectivity index (χ2n) is 7.18. The zero-order chi connectivity index (χ0) is 16.2. The van der Waals surface area contributed by atoms with Crippen molar-refractivity contribution in [3.63, 3.8) is 0 Å². The van der Waals surface area contributed by atoms with Gasteiger partial charge in [-0.1, -0.05) is 46.5 Å². The number of benzene rings is 1. The summed E-state index contributed by atoms with van der Waals surface area (Å²) in [6.07, 6.45) is 7.12. The minimum atomic E-state index is -0.00828. The van der Waals surface area contributed by atoms with E-state index in [0.29, 0.717) is 5.92 Å². The molecular formula is C19H30O2S. The number of hydrogen-bond donors (Lipinski definition) is 2. The highest BCUT2D eigenvalue weighted by Gasteiger charge is 2.27. The third-order valence-corrected chi connectivity index (χ3v) is 6.07. The average Bonchev–Trinajstić information content (AvgIpc) is 2.97. The normalized spacial score (nSPS) is 18.8. The molecule has 0 radical (unpaired) electrons. The van der Waals surface area contributed by atoms with Gasteiger partial charge in [0.25, 0.3) is 0 Å². The van der Waals surface area contributed by atoms with Crippen LogP contribution < -0.4 is 0 Å². The Balaban J connectivity index is 2.14. The molecule has 0 spiro atoms. The quantitative estimate of drug-likeness (QED) is 0.645. The molecule has 3 heteroatoms. The maximum absolute atomic E-state index is 10.4. The topological polar surface area (TPSA) is 40.5 Å². The third kappa shape index (κ3) is 4.13. The summed E-state index contributed by atoms with van der Waals surface area (Å²) in [5, 5.41) is 20.9. The van der Waals surface area contributed by atoms with Crippen LogP contribution in [-0.2, 0) is 5.41 Å². The fourth-order valence-corrected chi connectivity index (χ4v) is 4.57. The summed E-state index contributed by atoms with van der Waals surface area (Å²) in [5.41, 5.74) is 1.80. The van der Waals surface area contributed by atoms with Crippen LogP contribution in [0, 0.1) is 0 Å². The Hall–Kier alpha value is -0.830. The molecule has 1 heterocycles. The van der Waals surface area contributed by atoms with Crippen LogP contribution in [-0.4, -0.2) is 21.7 Å². The van der Waals surface area contributed by atoms with Gasteiger partial charge in [0.05, 0.1) is 0 Å². The van der Waals surface area contributed by atoms with Gasteiger partial charge in [0.1, 0.15) is 11.5 Å². The Morgan fingerprint density at radius 1 is 1.14 bits per heavy atom. The van der Waals surface area contributed by atoms with E-state index in [1.165, 1.54) is 25.7 Å². The Morgan fingerprint density at radius 2 is 1.82 bits per heavy atom. The van der Waals surface area contributed by atoms with Crippen LogP contribution in [0.25, 0.3) is 0 Å². The fourth-order valence-electron chi connectivity index (χ4n) is 3.33. The van der Waals surface area contributed by atoms with Crippen molar-refractivity contribution in [1.82, 2.24) is 0 Å². The minimum Gasteiger partial charge on any atom is -0.508 e. The van der Waals surface area contributed by atoms with E-state index in [9.17, 15) is 10.2 Å². The molecule has 1 saturated heterocycles. The summed E-state index contributed by atoms with van der Waals surface area (Å²) >= 11 is 1.90. The number of phenols is 2. The van der Waals surface area contributed by atoms with Crippen LogP contribution in [0.5, 0.6) is 11.5 Å². The second-order valence-corrected chi connectivity index (χ2v) is 8.33. The molecule has 1 aromatic carbocycles. The highest BCUT2D eigenvalue weighted by atomic mass is 32.2. The molecule has 1 unspecified atom stereocenters. The van der Waals surface area contributed by atoms with E-state index in [0.717, 1.165) is 35.5 Å². The Bertz CT molecular complexity index is 467. The van der Waals surface area contributed by atoms with E-state index >= 15 is 0 Å². The van der Waals surface area contributed by atoms with Crippen molar-refractivity contribution in [2.75, 3.05) is 11.5 Å². The lowest BCUT2D eigenvalue weighted by Gasteiger charge is -2.27. The van der Waals surface area contributed by atoms with E-state index < -0.39 is 0 Å². The molecule has 1 aliphatic rings. The lowest BCUT2D eigenvalue weighted by Crippen LogP contribution is -2.17. The van der Waals surface area contributed by atoms with Gasteiger partial charge in [-0.3, -0.25) is 0 Å². The Labute approximate surface area is 139 Å². The van der Waals surface area contributed by atoms with E-state index in [-0.39, 0.29) is 16.9 Å². The largest absolute Gasteiger partial charge is 0.508 e. The van der Waals surface area contributed by atoms with Crippen molar-refractivity contribution in [2.45, 2.75) is 70.6 Å². The van der Waals surface area contributed by atoms with Crippen LogP contribution >= 0.6 is 11.8 Å². The second kappa shape index (κ2) is 7.63. The third-order valence-electron chi connectivity index (χ3n) is 4.91. The van der Waals surface area contributed by atoms with Crippen LogP contribution in [0.4, 0.5) is 0 Å². The SMILES string of the molecule is CCCCCCC(C)(C)c1cc(O)c(C2CCSC2)c(O)c1. The first-order valence-electron chi connectivity index (χ1n) is 8.60. The van der Waals surface area contributed by atoms with E-state index in [1.807, 2.05) is 23.9 Å². The first-order chi connectivity index (χ1) is 10.5. The monoisotopic (exact) mass is 322 g/mol. The molecule has 0 aromatic heterocycles. The molecule has 1 fully saturated rings. The molecule has 1 aromatic rings. The van der Waals surface area contributed by atoms with Gasteiger partial charge in [-0.15, -0.1) is 0 Å². The number of thioether (sulfide) groups is 1. The highest BCUT2D eigenvalue weighted by molar-refractivity contribution is 7.99. The summed E-state index contributed by atoms with van der Waals surface area (Å²) in [4.78, 5) is 0. The molecule has 2 N–H and O–H groups in total. The van der Waals surface area contributed by atoms with Gasteiger partial charge in [0, 0.05) is 17.2 Å². The first kappa shape index (κ1) is 17.5. The predicted octanol–water partition coefficient (Wildman–Crippen LogP) is 5.57. The lowest BCUT2D eigenvalue weighted by atomic mass is 9.78. The van der Waals surface area contributed by atoms with E-state index in [1.54, 1.807) is 0 Å². The highest BCUT2D eigenvalue weighted by Crippen LogP contribution is 2.44. The molecule has 2 rings (SSSR count). The molecule has 1 atom stereocenters. The Kier molecular flexibility index (Phi) is 6.08. The molecular weight excluding hydrogens is 292 g/mol. The summed E-state index contributed by atoms with van der Waals surface area (Å²) in [6, 6.07) is 3.77. The number of hydrogen-bond acceptors (Lipinski definition) is 3. The predicted molar refractivity (Wildman–Crippen MR) is 96.2 cm³/mol. The molecule has 0 bridgehead atoms. The van der Waals surface area contributed by atoms with Gasteiger partial charge < -0.3 is 10.2 Å². The summed E-state index contributed by atoms with van der Waals surface area (Å²) in [6.45, 7) is 6.64. The van der Waals surface area contributed by atoms with Crippen molar-refractivity contribution in [3.05, 3.63) is 23.3 Å². The zero-order valence-corrected chi connectivity index (χ0v) is 15.0. The van der Waals surface area contributed by atoms with Crippen LogP contribution in [0.1, 0.15) is 76.3 Å². The zero-order valence-electron chi connectivity index (χ0n) is 14.2. The van der Waals surface area contributed by atoms with Gasteiger partial charge in [-0.2, -0.15) is 11.8 Å². The van der Waals surface area contributed by atoms with Gasteiger partial charge in [-0.25, -0.2) is 0 Å². The molecule has 2 nitrogen and oxygen atoms in total. The molecule has 0 amide bonds. The number of phenolic OH excluding ortho intramolecular Hbond substituents is 2. The van der Waals surface area contributed by atoms with Crippen molar-refractivity contribution < 1.29 is 10.2 Å². The smallest absolute Gasteiger partial charge is 0.123 e. The Morgan fingerprint density at radius 3 is 2.36 bits per heavy atom. The van der Waals surface area contributed by atoms with E-state index in [2.05, 4.69) is 20.8 Å². The number of aromatic hydroxyl groups is 2. The maximum atomic E-state index is 10.4. The lowest BCUT2D eigenvalue weighted by molar-refractivity contribution is 0.412. The van der Waals surface area contributed by atoms with Crippen molar-refractivity contribution in [2.24, 2.45) is 0 Å². The first-order valence-corrected chi connectivity index (χ1v) is 9.75. The molecule has 0 saturated carbocycles. The van der Waals surface area contributed by atoms with Crippen LogP contribution in [0.2, 0.25) is 0 Å². The van der Waals surface area contributed by atoms with Crippen molar-refractivity contribution in [3.8, 4) is 11.5 Å². The standard InChI is InChI=1S/C19H30O2S/c1-4-5-6-7-9-19(2,3)15-11-16(20)18(17(21)12-15)14-8-10-22-13-14/h11-12,14,20-21H,4-10,13H2,1-3H3. The molecule has 0 aliphatic carbocycles. The fraction of sp³-hybridized carbons (Fsp3) is 0.684. The summed E-state index contributed by atoms with van der Waals surface area (Å²) < 4.78 is 0. The number of rotatable bonds is 7. The van der Waals surface area contributed by atoms with Gasteiger partial charge in [0.15, 0.2) is 0 Å². The number of unbranched alkanes of at least 4 members (excludes halogenated alkanes) is 3. The molecule has 1 aliphatic heterocycles. The minimum absolute atomic E-state index is 0.00828. The van der Waals surface area contributed by atoms with Gasteiger partial charge in [-0.05, 0) is 41.7 Å². The van der Waals surface area contributed by atoms with E-state index in [4.69, 9.17) is 0 Å². The molecule has 22 heavy (non-hydrogen) atoms. The van der Waals surface area contributed by atoms with Gasteiger partial charge in [0.2, 0.25) is 0 Å². The van der Waals surface area contributed by atoms with Gasteiger partial charge >= 0.3 is 0 Å². The van der Waals surface area contributed by atoms with Crippen LogP contribution in [0.15, 0.2) is 12.1 Å². The maximum Gasteiger partial charge on any atom is 0.123 e. The van der Waals surface area contributed by atoms with Crippen molar-refractivity contribution >= 4 is 11.8 Å². The van der Waals surface area contributed by atoms with Crippen molar-refractivity contribution in [1.29, 1.82) is 0 Å². The molecule has 124 valence electrons. The van der Waals surface area contributed by atoms with Crippen LogP contribution in [0.3, 0.4) is 0 Å². The summed E-state index contributed by atoms with van der Waals surface area (Å²) in [5.74, 6) is 2.98. The average molecular weight is 323 g/mol. The summed E-state index contributed by atoms with van der Waals surface area (Å²) in [7, 11) is 0.